The molecule has 0 saturated heterocycles. The third-order valence-corrected chi connectivity index (χ3v) is 19.7. The molecular weight excluding hydrogens is 1250 g/mol. The standard InChI is InChI=1S/C99H76N4/c1-67(77-43-27-45-79(52-77)96-101-97(91-61-83(72-35-18-8-19-36-72)54-84(62-91)73-37-20-9-21-38-73)103-98(102-96)92-63-85(74-39-22-10-23-40-74)55-86(64-92)75-41-24-11-25-42-75)50-68-28-26-44-78(51-68)87-56-82(71-33-16-7-17-34-71)59-90(60-87)95-66-88(76-46-48-93(49-47-76)99(2,3)4)65-94(100-95)89-57-80(69-29-12-5-13-30-69)53-81(58-89)70-31-14-6-15-32-70/h5-49,51-67H,50H2,1-4H3. The van der Waals surface area contributed by atoms with Crippen molar-refractivity contribution in [3.05, 3.63) is 387 Å². The van der Waals surface area contributed by atoms with Gasteiger partial charge in [0.05, 0.1) is 11.4 Å². The van der Waals surface area contributed by atoms with Crippen molar-refractivity contribution in [2.75, 3.05) is 0 Å². The quantitative estimate of drug-likeness (QED) is 0.0912. The minimum absolute atomic E-state index is 0.0128. The Labute approximate surface area is 605 Å². The molecule has 14 aromatic carbocycles. The Balaban J connectivity index is 0.784. The summed E-state index contributed by atoms with van der Waals surface area (Å²) in [6.45, 7) is 9.14. The van der Waals surface area contributed by atoms with E-state index in [0.29, 0.717) is 17.5 Å². The molecule has 0 aliphatic carbocycles. The molecule has 1 unspecified atom stereocenters. The van der Waals surface area contributed by atoms with Crippen LogP contribution in [0.15, 0.2) is 370 Å². The van der Waals surface area contributed by atoms with Gasteiger partial charge in [-0.3, -0.25) is 0 Å². The summed E-state index contributed by atoms with van der Waals surface area (Å²) in [5.41, 5.74) is 30.5. The Kier molecular flexibility index (Phi) is 18.2. The predicted octanol–water partition coefficient (Wildman–Crippen LogP) is 26.2. The maximum Gasteiger partial charge on any atom is 0.164 e. The maximum atomic E-state index is 5.70. The monoisotopic (exact) mass is 1320 g/mol. The van der Waals surface area contributed by atoms with Crippen LogP contribution in [0.3, 0.4) is 0 Å². The van der Waals surface area contributed by atoms with Crippen molar-refractivity contribution in [1.29, 1.82) is 0 Å². The minimum Gasteiger partial charge on any atom is -0.248 e. The Bertz CT molecular complexity index is 5340. The summed E-state index contributed by atoms with van der Waals surface area (Å²) in [6, 6.07) is 133. The molecule has 16 aromatic rings. The van der Waals surface area contributed by atoms with Gasteiger partial charge in [0.2, 0.25) is 0 Å². The lowest BCUT2D eigenvalue weighted by Crippen LogP contribution is -2.10. The van der Waals surface area contributed by atoms with E-state index < -0.39 is 0 Å². The summed E-state index contributed by atoms with van der Waals surface area (Å²) in [5.74, 6) is 1.92. The highest BCUT2D eigenvalue weighted by molar-refractivity contribution is 5.88. The topological polar surface area (TPSA) is 51.6 Å². The molecule has 0 fully saturated rings. The summed E-state index contributed by atoms with van der Waals surface area (Å²) in [7, 11) is 0. The molecule has 0 radical (unpaired) electrons. The van der Waals surface area contributed by atoms with Crippen molar-refractivity contribution in [3.8, 4) is 157 Å². The average Bonchev–Trinajstić information content (AvgIpc) is 0.781. The highest BCUT2D eigenvalue weighted by atomic mass is 15.0. The first kappa shape index (κ1) is 64.9. The second-order valence-corrected chi connectivity index (χ2v) is 27.9. The van der Waals surface area contributed by atoms with E-state index in [9.17, 15) is 0 Å². The van der Waals surface area contributed by atoms with Gasteiger partial charge >= 0.3 is 0 Å². The van der Waals surface area contributed by atoms with Crippen molar-refractivity contribution in [2.45, 2.75) is 45.4 Å². The number of rotatable bonds is 17. The van der Waals surface area contributed by atoms with Gasteiger partial charge in [0.25, 0.3) is 0 Å². The van der Waals surface area contributed by atoms with Crippen LogP contribution in [0.1, 0.15) is 50.3 Å². The molecule has 16 rings (SSSR count). The van der Waals surface area contributed by atoms with Crippen LogP contribution in [-0.4, -0.2) is 19.9 Å². The third-order valence-electron chi connectivity index (χ3n) is 19.7. The number of pyridine rings is 1. The molecule has 0 aliphatic rings. The first-order valence-corrected chi connectivity index (χ1v) is 35.6. The molecule has 0 spiro atoms. The molecule has 0 amide bonds. The zero-order valence-corrected chi connectivity index (χ0v) is 58.3. The van der Waals surface area contributed by atoms with Gasteiger partial charge in [-0.2, -0.15) is 0 Å². The molecule has 0 bridgehead atoms. The smallest absolute Gasteiger partial charge is 0.164 e. The normalized spacial score (nSPS) is 11.7. The average molecular weight is 1320 g/mol. The van der Waals surface area contributed by atoms with Crippen LogP contribution in [0, 0.1) is 0 Å². The fourth-order valence-corrected chi connectivity index (χ4v) is 14.1. The molecule has 1 atom stereocenters. The lowest BCUT2D eigenvalue weighted by molar-refractivity contribution is 0.590. The Morgan fingerprint density at radius 3 is 0.835 bits per heavy atom. The predicted molar refractivity (Wildman–Crippen MR) is 431 cm³/mol. The Hall–Kier alpha value is -12.8. The van der Waals surface area contributed by atoms with Gasteiger partial charge in [-0.15, -0.1) is 0 Å². The van der Waals surface area contributed by atoms with Crippen LogP contribution in [-0.2, 0) is 11.8 Å². The summed E-state index contributed by atoms with van der Waals surface area (Å²) in [5, 5.41) is 0. The van der Waals surface area contributed by atoms with Crippen molar-refractivity contribution in [1.82, 2.24) is 19.9 Å². The van der Waals surface area contributed by atoms with E-state index in [1.54, 1.807) is 0 Å². The van der Waals surface area contributed by atoms with E-state index >= 15 is 0 Å². The SMILES string of the molecule is CC(Cc1cccc(-c2cc(-c3ccccc3)cc(-c3cc(-c4ccc(C(C)(C)C)cc4)cc(-c4cc(-c5ccccc5)cc(-c5ccccc5)c4)n3)c2)c1)c1cccc(-c2nc(-c3cc(-c4ccccc4)cc(-c4ccccc4)c3)nc(-c3cc(-c4ccccc4)cc(-c4ccccc4)c3)n2)c1. The third kappa shape index (κ3) is 14.7. The first-order chi connectivity index (χ1) is 50.5. The lowest BCUT2D eigenvalue weighted by atomic mass is 9.86. The van der Waals surface area contributed by atoms with Gasteiger partial charge in [-0.05, 0) is 226 Å². The van der Waals surface area contributed by atoms with Crippen LogP contribution in [0.5, 0.6) is 0 Å². The summed E-state index contributed by atoms with van der Waals surface area (Å²) in [4.78, 5) is 22.1. The van der Waals surface area contributed by atoms with Gasteiger partial charge in [-0.25, -0.2) is 19.9 Å². The maximum absolute atomic E-state index is 5.70. The van der Waals surface area contributed by atoms with Crippen LogP contribution >= 0.6 is 0 Å². The number of hydrogen-bond donors (Lipinski definition) is 0. The molecule has 0 saturated carbocycles. The zero-order chi connectivity index (χ0) is 69.6. The van der Waals surface area contributed by atoms with E-state index in [1.807, 2.05) is 0 Å². The molecule has 492 valence electrons. The fraction of sp³-hybridized carbons (Fsp3) is 0.0707. The number of nitrogens with zero attached hydrogens (tertiary/aromatic N) is 4. The van der Waals surface area contributed by atoms with Crippen molar-refractivity contribution in [3.63, 3.8) is 0 Å². The molecule has 4 heteroatoms. The van der Waals surface area contributed by atoms with Crippen LogP contribution in [0.4, 0.5) is 0 Å². The van der Waals surface area contributed by atoms with Crippen LogP contribution < -0.4 is 0 Å². The van der Waals surface area contributed by atoms with Gasteiger partial charge in [0.15, 0.2) is 17.5 Å². The Morgan fingerprint density at radius 2 is 0.485 bits per heavy atom. The molecule has 2 heterocycles. The molecule has 0 aliphatic heterocycles. The van der Waals surface area contributed by atoms with Crippen LogP contribution in [0.25, 0.3) is 157 Å². The van der Waals surface area contributed by atoms with Gasteiger partial charge in [0.1, 0.15) is 0 Å². The summed E-state index contributed by atoms with van der Waals surface area (Å²) < 4.78 is 0. The Morgan fingerprint density at radius 1 is 0.214 bits per heavy atom. The minimum atomic E-state index is 0.0128. The summed E-state index contributed by atoms with van der Waals surface area (Å²) in [6.07, 6.45) is 0.799. The van der Waals surface area contributed by atoms with Crippen molar-refractivity contribution < 1.29 is 0 Å². The van der Waals surface area contributed by atoms with Gasteiger partial charge in [-0.1, -0.05) is 307 Å². The van der Waals surface area contributed by atoms with Crippen molar-refractivity contribution >= 4 is 0 Å². The molecular formula is C99H76N4. The zero-order valence-electron chi connectivity index (χ0n) is 58.3. The second-order valence-electron chi connectivity index (χ2n) is 27.9. The molecule has 103 heavy (non-hydrogen) atoms. The molecule has 0 N–H and O–H groups in total. The highest BCUT2D eigenvalue weighted by Gasteiger charge is 2.21. The van der Waals surface area contributed by atoms with Crippen LogP contribution in [0.2, 0.25) is 0 Å². The van der Waals surface area contributed by atoms with E-state index in [0.717, 1.165) is 146 Å². The van der Waals surface area contributed by atoms with Crippen molar-refractivity contribution in [2.24, 2.45) is 0 Å². The van der Waals surface area contributed by atoms with E-state index in [2.05, 4.69) is 398 Å². The van der Waals surface area contributed by atoms with E-state index in [4.69, 9.17) is 19.9 Å². The number of hydrogen-bond acceptors (Lipinski definition) is 4. The van der Waals surface area contributed by atoms with E-state index in [1.165, 1.54) is 16.7 Å². The number of benzene rings is 14. The number of aromatic nitrogens is 4. The molecule has 2 aromatic heterocycles. The lowest BCUT2D eigenvalue weighted by Gasteiger charge is -2.19. The molecule has 4 nitrogen and oxygen atoms in total. The largest absolute Gasteiger partial charge is 0.248 e. The second kappa shape index (κ2) is 28.8. The van der Waals surface area contributed by atoms with E-state index in [-0.39, 0.29) is 11.3 Å². The first-order valence-electron chi connectivity index (χ1n) is 35.6. The van der Waals surface area contributed by atoms with Gasteiger partial charge < -0.3 is 0 Å². The van der Waals surface area contributed by atoms with Gasteiger partial charge in [0, 0.05) is 27.8 Å². The summed E-state index contributed by atoms with van der Waals surface area (Å²) >= 11 is 0. The highest BCUT2D eigenvalue weighted by Crippen LogP contribution is 2.42. The fourth-order valence-electron chi connectivity index (χ4n) is 14.1.